The van der Waals surface area contributed by atoms with Gasteiger partial charge in [0.05, 0.1) is 7.11 Å². The first-order chi connectivity index (χ1) is 9.51. The van der Waals surface area contributed by atoms with Crippen LogP contribution in [0.2, 0.25) is 10.0 Å². The fourth-order valence-corrected chi connectivity index (χ4v) is 2.94. The van der Waals surface area contributed by atoms with E-state index in [1.807, 2.05) is 30.3 Å². The van der Waals surface area contributed by atoms with E-state index in [-0.39, 0.29) is 6.04 Å². The molecule has 0 saturated carbocycles. The minimum atomic E-state index is -0.208. The highest BCUT2D eigenvalue weighted by molar-refractivity contribution is 9.10. The molecule has 0 aliphatic rings. The molecule has 5 heteroatoms. The molecule has 1 unspecified atom stereocenters. The molecule has 106 valence electrons. The van der Waals surface area contributed by atoms with Crippen molar-refractivity contribution in [1.82, 2.24) is 0 Å². The average molecular weight is 375 g/mol. The van der Waals surface area contributed by atoms with Crippen LogP contribution in [0.1, 0.15) is 17.2 Å². The topological polar surface area (TPSA) is 35.2 Å². The van der Waals surface area contributed by atoms with Crippen LogP contribution in [0.5, 0.6) is 5.75 Å². The summed E-state index contributed by atoms with van der Waals surface area (Å²) < 4.78 is 6.28. The van der Waals surface area contributed by atoms with E-state index in [2.05, 4.69) is 15.9 Å². The monoisotopic (exact) mass is 373 g/mol. The van der Waals surface area contributed by atoms with Gasteiger partial charge in [-0.05, 0) is 36.2 Å². The molecule has 0 amide bonds. The van der Waals surface area contributed by atoms with Gasteiger partial charge in [-0.25, -0.2) is 0 Å². The Morgan fingerprint density at radius 1 is 1.20 bits per heavy atom. The first-order valence-corrected chi connectivity index (χ1v) is 7.59. The number of benzene rings is 2. The molecule has 0 heterocycles. The summed E-state index contributed by atoms with van der Waals surface area (Å²) in [7, 11) is 1.61. The van der Waals surface area contributed by atoms with Gasteiger partial charge in [-0.2, -0.15) is 0 Å². The Labute approximate surface area is 137 Å². The van der Waals surface area contributed by atoms with Gasteiger partial charge in [-0.15, -0.1) is 0 Å². The summed E-state index contributed by atoms with van der Waals surface area (Å²) in [5, 5.41) is 1.32. The van der Waals surface area contributed by atoms with Crippen LogP contribution in [-0.4, -0.2) is 7.11 Å². The van der Waals surface area contributed by atoms with Crippen molar-refractivity contribution >= 4 is 39.1 Å². The predicted molar refractivity (Wildman–Crippen MR) is 87.8 cm³/mol. The van der Waals surface area contributed by atoms with Crippen molar-refractivity contribution < 1.29 is 4.74 Å². The van der Waals surface area contributed by atoms with E-state index < -0.39 is 0 Å². The van der Waals surface area contributed by atoms with Crippen molar-refractivity contribution in [1.29, 1.82) is 0 Å². The van der Waals surface area contributed by atoms with Gasteiger partial charge in [0.25, 0.3) is 0 Å². The van der Waals surface area contributed by atoms with E-state index >= 15 is 0 Å². The molecule has 0 fully saturated rings. The molecule has 20 heavy (non-hydrogen) atoms. The average Bonchev–Trinajstić information content (AvgIpc) is 2.41. The molecule has 0 aliphatic carbocycles. The maximum Gasteiger partial charge on any atom is 0.125 e. The lowest BCUT2D eigenvalue weighted by Gasteiger charge is -2.17. The van der Waals surface area contributed by atoms with E-state index in [0.717, 1.165) is 15.6 Å². The predicted octanol–water partition coefficient (Wildman–Crippen LogP) is 5.01. The second-order valence-electron chi connectivity index (χ2n) is 4.43. The van der Waals surface area contributed by atoms with Gasteiger partial charge >= 0.3 is 0 Å². The van der Waals surface area contributed by atoms with E-state index in [1.54, 1.807) is 13.2 Å². The Morgan fingerprint density at radius 3 is 2.60 bits per heavy atom. The first kappa shape index (κ1) is 15.6. The van der Waals surface area contributed by atoms with Gasteiger partial charge in [0.1, 0.15) is 5.75 Å². The highest BCUT2D eigenvalue weighted by atomic mass is 79.9. The summed E-state index contributed by atoms with van der Waals surface area (Å²) in [5.74, 6) is 0.693. The fourth-order valence-electron chi connectivity index (χ4n) is 2.03. The van der Waals surface area contributed by atoms with Gasteiger partial charge in [-0.1, -0.05) is 51.3 Å². The van der Waals surface area contributed by atoms with Crippen LogP contribution in [0.4, 0.5) is 0 Å². The van der Waals surface area contributed by atoms with E-state index in [1.165, 1.54) is 0 Å². The second kappa shape index (κ2) is 6.81. The minimum Gasteiger partial charge on any atom is -0.496 e. The molecule has 2 aromatic carbocycles. The molecular formula is C15H14BrCl2NO. The summed E-state index contributed by atoms with van der Waals surface area (Å²) >= 11 is 15.6. The van der Waals surface area contributed by atoms with E-state index in [4.69, 9.17) is 33.7 Å². The van der Waals surface area contributed by atoms with Crippen molar-refractivity contribution in [2.75, 3.05) is 7.11 Å². The van der Waals surface area contributed by atoms with Crippen molar-refractivity contribution in [3.8, 4) is 5.75 Å². The number of methoxy groups -OCH3 is 1. The van der Waals surface area contributed by atoms with Crippen LogP contribution in [-0.2, 0) is 6.42 Å². The molecule has 0 spiro atoms. The number of hydrogen-bond donors (Lipinski definition) is 1. The lowest BCUT2D eigenvalue weighted by Crippen LogP contribution is -2.14. The van der Waals surface area contributed by atoms with Gasteiger partial charge in [0.2, 0.25) is 0 Å². The zero-order valence-corrected chi connectivity index (χ0v) is 14.0. The van der Waals surface area contributed by atoms with Crippen LogP contribution in [0.25, 0.3) is 0 Å². The SMILES string of the molecule is COc1cc(Cl)ccc1C(N)Cc1ccc(Br)cc1Cl. The van der Waals surface area contributed by atoms with E-state index in [9.17, 15) is 0 Å². The van der Waals surface area contributed by atoms with Crippen molar-refractivity contribution in [2.24, 2.45) is 5.73 Å². The third kappa shape index (κ3) is 3.67. The minimum absolute atomic E-state index is 0.208. The smallest absolute Gasteiger partial charge is 0.125 e. The molecule has 0 saturated heterocycles. The van der Waals surface area contributed by atoms with Gasteiger partial charge < -0.3 is 10.5 Å². The van der Waals surface area contributed by atoms with E-state index in [0.29, 0.717) is 22.2 Å². The summed E-state index contributed by atoms with van der Waals surface area (Å²) in [6.45, 7) is 0. The molecular weight excluding hydrogens is 361 g/mol. The molecule has 0 aromatic heterocycles. The largest absolute Gasteiger partial charge is 0.496 e. The maximum absolute atomic E-state index is 6.27. The second-order valence-corrected chi connectivity index (χ2v) is 6.19. The van der Waals surface area contributed by atoms with Crippen LogP contribution in [0, 0.1) is 0 Å². The van der Waals surface area contributed by atoms with Crippen molar-refractivity contribution in [3.05, 3.63) is 62.0 Å². The third-order valence-corrected chi connectivity index (χ3v) is 4.13. The summed E-state index contributed by atoms with van der Waals surface area (Å²) in [4.78, 5) is 0. The zero-order chi connectivity index (χ0) is 14.7. The highest BCUT2D eigenvalue weighted by Crippen LogP contribution is 2.31. The van der Waals surface area contributed by atoms with Gasteiger partial charge in [0.15, 0.2) is 0 Å². The van der Waals surface area contributed by atoms with Crippen molar-refractivity contribution in [3.63, 3.8) is 0 Å². The lowest BCUT2D eigenvalue weighted by atomic mass is 9.99. The molecule has 2 N–H and O–H groups in total. The third-order valence-electron chi connectivity index (χ3n) is 3.05. The van der Waals surface area contributed by atoms with Crippen LogP contribution >= 0.6 is 39.1 Å². The van der Waals surface area contributed by atoms with Gasteiger partial charge in [0, 0.05) is 26.1 Å². The summed E-state index contributed by atoms with van der Waals surface area (Å²) in [5.41, 5.74) is 8.18. The molecule has 2 rings (SSSR count). The highest BCUT2D eigenvalue weighted by Gasteiger charge is 2.14. The van der Waals surface area contributed by atoms with Crippen LogP contribution < -0.4 is 10.5 Å². The Bertz CT molecular complexity index is 619. The standard InChI is InChI=1S/C15H14BrCl2NO/c1-20-15-8-11(17)4-5-12(15)14(19)6-9-2-3-10(16)7-13(9)18/h2-5,7-8,14H,6,19H2,1H3. The Balaban J connectivity index is 2.25. The lowest BCUT2D eigenvalue weighted by molar-refractivity contribution is 0.405. The molecule has 0 bridgehead atoms. The number of ether oxygens (including phenoxy) is 1. The number of rotatable bonds is 4. The number of halogens is 3. The summed E-state index contributed by atoms with van der Waals surface area (Å²) in [6, 6.07) is 11.0. The molecule has 0 radical (unpaired) electrons. The summed E-state index contributed by atoms with van der Waals surface area (Å²) in [6.07, 6.45) is 0.629. The van der Waals surface area contributed by atoms with Gasteiger partial charge in [-0.3, -0.25) is 0 Å². The number of nitrogens with two attached hydrogens (primary N) is 1. The first-order valence-electron chi connectivity index (χ1n) is 6.04. The normalized spacial score (nSPS) is 12.2. The number of hydrogen-bond acceptors (Lipinski definition) is 2. The zero-order valence-electron chi connectivity index (χ0n) is 10.9. The Kier molecular flexibility index (Phi) is 5.33. The maximum atomic E-state index is 6.27. The molecule has 2 nitrogen and oxygen atoms in total. The fraction of sp³-hybridized carbons (Fsp3) is 0.200. The molecule has 1 atom stereocenters. The molecule has 2 aromatic rings. The quantitative estimate of drug-likeness (QED) is 0.816. The Hall–Kier alpha value is -0.740. The molecule has 0 aliphatic heterocycles. The van der Waals surface area contributed by atoms with Crippen LogP contribution in [0.3, 0.4) is 0 Å². The van der Waals surface area contributed by atoms with Crippen LogP contribution in [0.15, 0.2) is 40.9 Å². The Morgan fingerprint density at radius 2 is 1.95 bits per heavy atom. The van der Waals surface area contributed by atoms with Crippen molar-refractivity contribution in [2.45, 2.75) is 12.5 Å².